The van der Waals surface area contributed by atoms with Crippen molar-refractivity contribution in [2.24, 2.45) is 7.05 Å². The lowest BCUT2D eigenvalue weighted by Gasteiger charge is -2.11. The summed E-state index contributed by atoms with van der Waals surface area (Å²) >= 11 is 0. The Hall–Kier alpha value is -2.98. The van der Waals surface area contributed by atoms with Crippen molar-refractivity contribution >= 4 is 17.3 Å². The molecule has 24 heavy (non-hydrogen) atoms. The largest absolute Gasteiger partial charge is 0.416 e. The number of carbonyl (C=O) groups is 1. The number of anilines is 1. The monoisotopic (exact) mass is 346 g/mol. The number of nitro groups is 1. The molecule has 1 N–H and O–H groups in total. The van der Waals surface area contributed by atoms with Gasteiger partial charge in [0.15, 0.2) is 0 Å². The normalized spacial score (nSPS) is 11.4. The molecule has 2 rings (SSSR count). The Labute approximate surface area is 132 Å². The SMILES string of the molecule is Cc1nn(C)c(C(=O)Nc2cc(C(F)(F)F)ccc2F)c1[N+](=O)[O-]. The Morgan fingerprint density at radius 3 is 2.54 bits per heavy atom. The van der Waals surface area contributed by atoms with Crippen LogP contribution in [0, 0.1) is 22.9 Å². The van der Waals surface area contributed by atoms with Gasteiger partial charge < -0.3 is 5.32 Å². The number of alkyl halides is 3. The van der Waals surface area contributed by atoms with Crippen molar-refractivity contribution < 1.29 is 27.3 Å². The van der Waals surface area contributed by atoms with E-state index in [1.165, 1.54) is 14.0 Å². The Balaban J connectivity index is 2.43. The number of nitrogens with one attached hydrogen (secondary N) is 1. The van der Waals surface area contributed by atoms with Crippen LogP contribution in [0.1, 0.15) is 21.7 Å². The highest BCUT2D eigenvalue weighted by molar-refractivity contribution is 6.06. The molecule has 0 saturated heterocycles. The van der Waals surface area contributed by atoms with E-state index in [-0.39, 0.29) is 5.69 Å². The lowest BCUT2D eigenvalue weighted by Crippen LogP contribution is -2.19. The summed E-state index contributed by atoms with van der Waals surface area (Å²) in [6.07, 6.45) is -4.73. The second kappa shape index (κ2) is 5.91. The molecule has 0 fully saturated rings. The third-order valence-corrected chi connectivity index (χ3v) is 3.13. The topological polar surface area (TPSA) is 90.1 Å². The maximum Gasteiger partial charge on any atom is 0.416 e. The van der Waals surface area contributed by atoms with Gasteiger partial charge in [-0.25, -0.2) is 4.39 Å². The van der Waals surface area contributed by atoms with Crippen LogP contribution in [0.15, 0.2) is 18.2 Å². The number of hydrogen-bond donors (Lipinski definition) is 1. The third-order valence-electron chi connectivity index (χ3n) is 3.13. The first-order valence-electron chi connectivity index (χ1n) is 6.38. The molecule has 0 aliphatic heterocycles. The number of carbonyl (C=O) groups excluding carboxylic acids is 1. The van der Waals surface area contributed by atoms with Gasteiger partial charge in [0, 0.05) is 7.05 Å². The summed E-state index contributed by atoms with van der Waals surface area (Å²) in [4.78, 5) is 22.3. The molecule has 128 valence electrons. The predicted octanol–water partition coefficient (Wildman–Crippen LogP) is 3.05. The van der Waals surface area contributed by atoms with Gasteiger partial charge in [0.25, 0.3) is 5.91 Å². The minimum atomic E-state index is -4.73. The Kier molecular flexibility index (Phi) is 4.28. The lowest BCUT2D eigenvalue weighted by molar-refractivity contribution is -0.385. The predicted molar refractivity (Wildman–Crippen MR) is 74.0 cm³/mol. The molecule has 0 aliphatic rings. The van der Waals surface area contributed by atoms with Crippen LogP contribution in [0.4, 0.5) is 28.9 Å². The van der Waals surface area contributed by atoms with Gasteiger partial charge in [0.2, 0.25) is 5.69 Å². The molecule has 0 spiro atoms. The number of aromatic nitrogens is 2. The molecule has 2 aromatic rings. The Morgan fingerprint density at radius 1 is 1.38 bits per heavy atom. The molecular formula is C13H10F4N4O3. The molecule has 1 aromatic carbocycles. The van der Waals surface area contributed by atoms with Gasteiger partial charge >= 0.3 is 11.9 Å². The summed E-state index contributed by atoms with van der Waals surface area (Å²) in [5, 5.41) is 16.6. The molecule has 0 unspecified atom stereocenters. The van der Waals surface area contributed by atoms with Crippen molar-refractivity contribution in [1.82, 2.24) is 9.78 Å². The first-order chi connectivity index (χ1) is 11.0. The van der Waals surface area contributed by atoms with Crippen molar-refractivity contribution in [1.29, 1.82) is 0 Å². The van der Waals surface area contributed by atoms with Gasteiger partial charge in [-0.1, -0.05) is 0 Å². The van der Waals surface area contributed by atoms with Gasteiger partial charge in [-0.2, -0.15) is 18.3 Å². The number of aryl methyl sites for hydroxylation is 2. The second-order valence-electron chi connectivity index (χ2n) is 4.81. The van der Waals surface area contributed by atoms with Gasteiger partial charge in [-0.15, -0.1) is 0 Å². The number of nitrogens with zero attached hydrogens (tertiary/aromatic N) is 3. The average Bonchev–Trinajstić information content (AvgIpc) is 2.74. The highest BCUT2D eigenvalue weighted by Gasteiger charge is 2.33. The Morgan fingerprint density at radius 2 is 2.00 bits per heavy atom. The fourth-order valence-corrected chi connectivity index (χ4v) is 2.10. The molecule has 0 saturated carbocycles. The summed E-state index contributed by atoms with van der Waals surface area (Å²) in [5.74, 6) is -2.26. The molecule has 1 amide bonds. The smallest absolute Gasteiger partial charge is 0.318 e. The van der Waals surface area contributed by atoms with E-state index in [4.69, 9.17) is 0 Å². The fraction of sp³-hybridized carbons (Fsp3) is 0.231. The number of benzene rings is 1. The van der Waals surface area contributed by atoms with E-state index < -0.39 is 45.5 Å². The van der Waals surface area contributed by atoms with E-state index in [9.17, 15) is 32.5 Å². The van der Waals surface area contributed by atoms with E-state index in [0.717, 1.165) is 4.68 Å². The van der Waals surface area contributed by atoms with Crippen LogP contribution in [-0.2, 0) is 13.2 Å². The standard InChI is InChI=1S/C13H10F4N4O3/c1-6-10(21(23)24)11(20(2)19-6)12(22)18-9-5-7(13(15,16)17)3-4-8(9)14/h3-5H,1-2H3,(H,18,22). The highest BCUT2D eigenvalue weighted by atomic mass is 19.4. The maximum absolute atomic E-state index is 13.7. The van der Waals surface area contributed by atoms with Crippen LogP contribution in [-0.4, -0.2) is 20.6 Å². The average molecular weight is 346 g/mol. The molecule has 0 atom stereocenters. The van der Waals surface area contributed by atoms with Gasteiger partial charge in [0.1, 0.15) is 11.5 Å². The number of halogens is 4. The zero-order valence-corrected chi connectivity index (χ0v) is 12.3. The van der Waals surface area contributed by atoms with Crippen molar-refractivity contribution in [2.45, 2.75) is 13.1 Å². The number of rotatable bonds is 3. The van der Waals surface area contributed by atoms with Gasteiger partial charge in [-0.05, 0) is 25.1 Å². The van der Waals surface area contributed by atoms with Crippen LogP contribution in [0.3, 0.4) is 0 Å². The van der Waals surface area contributed by atoms with Crippen molar-refractivity contribution in [2.75, 3.05) is 5.32 Å². The Bertz CT molecular complexity index is 829. The third kappa shape index (κ3) is 3.19. The zero-order valence-electron chi connectivity index (χ0n) is 12.3. The van der Waals surface area contributed by atoms with Gasteiger partial charge in [-0.3, -0.25) is 19.6 Å². The highest BCUT2D eigenvalue weighted by Crippen LogP contribution is 2.32. The fourth-order valence-electron chi connectivity index (χ4n) is 2.10. The molecule has 0 aliphatic carbocycles. The summed E-state index contributed by atoms with van der Waals surface area (Å²) in [6.45, 7) is 1.29. The lowest BCUT2D eigenvalue weighted by atomic mass is 10.2. The maximum atomic E-state index is 13.7. The molecule has 7 nitrogen and oxygen atoms in total. The van der Waals surface area contributed by atoms with E-state index in [1.807, 2.05) is 5.32 Å². The van der Waals surface area contributed by atoms with E-state index in [1.54, 1.807) is 0 Å². The summed E-state index contributed by atoms with van der Waals surface area (Å²) < 4.78 is 52.5. The summed E-state index contributed by atoms with van der Waals surface area (Å²) in [7, 11) is 1.25. The molecule has 1 heterocycles. The quantitative estimate of drug-likeness (QED) is 0.525. The van der Waals surface area contributed by atoms with Crippen LogP contribution < -0.4 is 5.32 Å². The first kappa shape index (κ1) is 17.4. The van der Waals surface area contributed by atoms with Crippen molar-refractivity contribution in [3.8, 4) is 0 Å². The summed E-state index contributed by atoms with van der Waals surface area (Å²) in [6, 6.07) is 1.46. The van der Waals surface area contributed by atoms with Gasteiger partial charge in [0.05, 0.1) is 16.2 Å². The van der Waals surface area contributed by atoms with E-state index in [0.29, 0.717) is 18.2 Å². The number of hydrogen-bond acceptors (Lipinski definition) is 4. The van der Waals surface area contributed by atoms with Crippen LogP contribution in [0.2, 0.25) is 0 Å². The molecular weight excluding hydrogens is 336 g/mol. The molecule has 0 radical (unpaired) electrons. The zero-order chi connectivity index (χ0) is 18.2. The second-order valence-corrected chi connectivity index (χ2v) is 4.81. The summed E-state index contributed by atoms with van der Waals surface area (Å²) in [5.41, 5.74) is -3.09. The van der Waals surface area contributed by atoms with E-state index >= 15 is 0 Å². The first-order valence-corrected chi connectivity index (χ1v) is 6.38. The molecule has 11 heteroatoms. The minimum absolute atomic E-state index is 0.0582. The molecule has 0 bridgehead atoms. The molecule has 1 aromatic heterocycles. The van der Waals surface area contributed by atoms with Crippen LogP contribution in [0.5, 0.6) is 0 Å². The number of amides is 1. The van der Waals surface area contributed by atoms with Crippen LogP contribution in [0.25, 0.3) is 0 Å². The van der Waals surface area contributed by atoms with Crippen molar-refractivity contribution in [3.63, 3.8) is 0 Å². The van der Waals surface area contributed by atoms with Crippen molar-refractivity contribution in [3.05, 3.63) is 51.1 Å². The minimum Gasteiger partial charge on any atom is -0.318 e. The van der Waals surface area contributed by atoms with E-state index in [2.05, 4.69) is 5.10 Å². The van der Waals surface area contributed by atoms with Crippen LogP contribution >= 0.6 is 0 Å².